The van der Waals surface area contributed by atoms with Crippen LogP contribution in [-0.4, -0.2) is 16.9 Å². The zero-order valence-electron chi connectivity index (χ0n) is 7.67. The van der Waals surface area contributed by atoms with E-state index in [1.165, 1.54) is 0 Å². The minimum atomic E-state index is -0.759. The second kappa shape index (κ2) is 5.75. The average Bonchev–Trinajstić information content (AvgIpc) is 1.97. The number of ketones is 1. The van der Waals surface area contributed by atoms with Gasteiger partial charge in [-0.2, -0.15) is 0 Å². The van der Waals surface area contributed by atoms with Crippen molar-refractivity contribution in [2.45, 2.75) is 39.5 Å². The van der Waals surface area contributed by atoms with Gasteiger partial charge in [-0.05, 0) is 19.8 Å². The lowest BCUT2D eigenvalue weighted by atomic mass is 10.00. The number of unbranched alkanes of at least 4 members (excludes halogenated alkanes) is 1. The lowest BCUT2D eigenvalue weighted by molar-refractivity contribution is -0.137. The van der Waals surface area contributed by atoms with E-state index in [-0.39, 0.29) is 18.1 Å². The maximum absolute atomic E-state index is 10.8. The van der Waals surface area contributed by atoms with E-state index in [0.29, 0.717) is 6.42 Å². The van der Waals surface area contributed by atoms with Crippen LogP contribution in [0.4, 0.5) is 0 Å². The minimum Gasteiger partial charge on any atom is -0.481 e. The molecule has 0 aromatic heterocycles. The van der Waals surface area contributed by atoms with Gasteiger partial charge in [-0.3, -0.25) is 9.59 Å². The molecule has 3 heteroatoms. The summed E-state index contributed by atoms with van der Waals surface area (Å²) >= 11 is 0. The first-order valence-electron chi connectivity index (χ1n) is 4.26. The SMILES string of the molecule is CC(=O)C(C)CCCCC(=O)O. The molecule has 0 radical (unpaired) electrons. The fourth-order valence-electron chi connectivity index (χ4n) is 0.930. The summed E-state index contributed by atoms with van der Waals surface area (Å²) in [5.41, 5.74) is 0. The Morgan fingerprint density at radius 3 is 2.33 bits per heavy atom. The first kappa shape index (κ1) is 11.1. The molecule has 1 N–H and O–H groups in total. The summed E-state index contributed by atoms with van der Waals surface area (Å²) in [6, 6.07) is 0. The molecule has 12 heavy (non-hydrogen) atoms. The molecular formula is C9H16O3. The number of carbonyl (C=O) groups excluding carboxylic acids is 1. The van der Waals surface area contributed by atoms with Crippen molar-refractivity contribution in [3.63, 3.8) is 0 Å². The van der Waals surface area contributed by atoms with Gasteiger partial charge in [0.25, 0.3) is 0 Å². The van der Waals surface area contributed by atoms with Crippen LogP contribution in [0.15, 0.2) is 0 Å². The molecule has 0 rings (SSSR count). The van der Waals surface area contributed by atoms with Gasteiger partial charge in [0.2, 0.25) is 0 Å². The maximum atomic E-state index is 10.8. The fraction of sp³-hybridized carbons (Fsp3) is 0.778. The molecule has 0 saturated heterocycles. The number of hydrogen-bond acceptors (Lipinski definition) is 2. The lowest BCUT2D eigenvalue weighted by Gasteiger charge is -2.05. The van der Waals surface area contributed by atoms with Gasteiger partial charge < -0.3 is 5.11 Å². The molecule has 0 fully saturated rings. The van der Waals surface area contributed by atoms with Crippen molar-refractivity contribution in [1.82, 2.24) is 0 Å². The number of carbonyl (C=O) groups is 2. The summed E-state index contributed by atoms with van der Waals surface area (Å²) in [6.45, 7) is 3.45. The van der Waals surface area contributed by atoms with Gasteiger partial charge in [-0.1, -0.05) is 13.3 Å². The highest BCUT2D eigenvalue weighted by Gasteiger charge is 2.06. The van der Waals surface area contributed by atoms with Crippen molar-refractivity contribution >= 4 is 11.8 Å². The third kappa shape index (κ3) is 5.89. The van der Waals surface area contributed by atoms with E-state index in [0.717, 1.165) is 12.8 Å². The van der Waals surface area contributed by atoms with E-state index in [4.69, 9.17) is 5.11 Å². The van der Waals surface area contributed by atoms with Gasteiger partial charge in [0, 0.05) is 12.3 Å². The molecule has 0 aliphatic heterocycles. The first-order chi connectivity index (χ1) is 5.54. The van der Waals surface area contributed by atoms with E-state index in [9.17, 15) is 9.59 Å². The van der Waals surface area contributed by atoms with E-state index in [1.54, 1.807) is 6.92 Å². The Morgan fingerprint density at radius 2 is 1.92 bits per heavy atom. The number of rotatable bonds is 6. The van der Waals surface area contributed by atoms with E-state index < -0.39 is 5.97 Å². The van der Waals surface area contributed by atoms with Crippen molar-refractivity contribution in [3.05, 3.63) is 0 Å². The van der Waals surface area contributed by atoms with Crippen molar-refractivity contribution < 1.29 is 14.7 Å². The predicted octanol–water partition coefficient (Wildman–Crippen LogP) is 1.86. The predicted molar refractivity (Wildman–Crippen MR) is 45.9 cm³/mol. The van der Waals surface area contributed by atoms with Crippen LogP contribution in [0.3, 0.4) is 0 Å². The first-order valence-corrected chi connectivity index (χ1v) is 4.26. The molecule has 0 bridgehead atoms. The Hall–Kier alpha value is -0.860. The Bertz CT molecular complexity index is 163. The zero-order valence-corrected chi connectivity index (χ0v) is 7.67. The molecule has 0 saturated carbocycles. The van der Waals surface area contributed by atoms with Crippen LogP contribution >= 0.6 is 0 Å². The Kier molecular flexibility index (Phi) is 5.34. The summed E-state index contributed by atoms with van der Waals surface area (Å²) in [7, 11) is 0. The average molecular weight is 172 g/mol. The van der Waals surface area contributed by atoms with Crippen molar-refractivity contribution in [3.8, 4) is 0 Å². The molecular weight excluding hydrogens is 156 g/mol. The van der Waals surface area contributed by atoms with Crippen LogP contribution in [0.1, 0.15) is 39.5 Å². The highest BCUT2D eigenvalue weighted by molar-refractivity contribution is 5.77. The summed E-state index contributed by atoms with van der Waals surface area (Å²) in [5, 5.41) is 8.32. The summed E-state index contributed by atoms with van der Waals surface area (Å²) in [4.78, 5) is 20.9. The summed E-state index contributed by atoms with van der Waals surface area (Å²) < 4.78 is 0. The van der Waals surface area contributed by atoms with Gasteiger partial charge in [-0.25, -0.2) is 0 Å². The molecule has 0 aromatic carbocycles. The molecule has 0 amide bonds. The lowest BCUT2D eigenvalue weighted by Crippen LogP contribution is -2.06. The topological polar surface area (TPSA) is 54.4 Å². The molecule has 0 aromatic rings. The molecule has 3 nitrogen and oxygen atoms in total. The molecule has 0 aliphatic carbocycles. The third-order valence-electron chi connectivity index (χ3n) is 1.97. The van der Waals surface area contributed by atoms with Crippen LogP contribution in [0.2, 0.25) is 0 Å². The summed E-state index contributed by atoms with van der Waals surface area (Å²) in [5.74, 6) is -0.491. The second-order valence-corrected chi connectivity index (χ2v) is 3.15. The van der Waals surface area contributed by atoms with Crippen molar-refractivity contribution in [2.75, 3.05) is 0 Å². The van der Waals surface area contributed by atoms with Gasteiger partial charge in [0.05, 0.1) is 0 Å². The Balaban J connectivity index is 3.31. The number of carboxylic acids is 1. The van der Waals surface area contributed by atoms with E-state index in [1.807, 2.05) is 6.92 Å². The van der Waals surface area contributed by atoms with E-state index in [2.05, 4.69) is 0 Å². The molecule has 0 heterocycles. The highest BCUT2D eigenvalue weighted by Crippen LogP contribution is 2.09. The molecule has 1 unspecified atom stereocenters. The third-order valence-corrected chi connectivity index (χ3v) is 1.97. The van der Waals surface area contributed by atoms with Crippen LogP contribution < -0.4 is 0 Å². The second-order valence-electron chi connectivity index (χ2n) is 3.15. The van der Waals surface area contributed by atoms with Crippen molar-refractivity contribution in [2.24, 2.45) is 5.92 Å². The highest BCUT2D eigenvalue weighted by atomic mass is 16.4. The number of hydrogen-bond donors (Lipinski definition) is 1. The largest absolute Gasteiger partial charge is 0.481 e. The molecule has 0 spiro atoms. The smallest absolute Gasteiger partial charge is 0.303 e. The molecule has 0 aliphatic rings. The Morgan fingerprint density at radius 1 is 1.33 bits per heavy atom. The Labute approximate surface area is 72.8 Å². The van der Waals surface area contributed by atoms with Gasteiger partial charge in [0.1, 0.15) is 5.78 Å². The van der Waals surface area contributed by atoms with E-state index >= 15 is 0 Å². The normalized spacial score (nSPS) is 12.5. The fourth-order valence-corrected chi connectivity index (χ4v) is 0.930. The number of aliphatic carboxylic acids is 1. The maximum Gasteiger partial charge on any atom is 0.303 e. The zero-order chi connectivity index (χ0) is 9.56. The molecule has 1 atom stereocenters. The van der Waals surface area contributed by atoms with Crippen molar-refractivity contribution in [1.29, 1.82) is 0 Å². The number of carboxylic acid groups (broad SMARTS) is 1. The molecule has 70 valence electrons. The number of Topliss-reactive ketones (excluding diaryl/α,β-unsaturated/α-hetero) is 1. The van der Waals surface area contributed by atoms with Gasteiger partial charge in [-0.15, -0.1) is 0 Å². The van der Waals surface area contributed by atoms with Crippen LogP contribution in [0.25, 0.3) is 0 Å². The van der Waals surface area contributed by atoms with Crippen LogP contribution in [0, 0.1) is 5.92 Å². The monoisotopic (exact) mass is 172 g/mol. The van der Waals surface area contributed by atoms with Crippen LogP contribution in [-0.2, 0) is 9.59 Å². The van der Waals surface area contributed by atoms with Crippen LogP contribution in [0.5, 0.6) is 0 Å². The standard InChI is InChI=1S/C9H16O3/c1-7(8(2)10)5-3-4-6-9(11)12/h7H,3-6H2,1-2H3,(H,11,12). The quantitative estimate of drug-likeness (QED) is 0.622. The minimum absolute atomic E-state index is 0.0822. The van der Waals surface area contributed by atoms with Gasteiger partial charge in [0.15, 0.2) is 0 Å². The summed E-state index contributed by atoms with van der Waals surface area (Å²) in [6.07, 6.45) is 2.52. The van der Waals surface area contributed by atoms with Gasteiger partial charge >= 0.3 is 5.97 Å².